The molecule has 9 heteroatoms. The molecule has 0 saturated carbocycles. The Kier molecular flexibility index (Phi) is 5.92. The molecule has 1 fully saturated rings. The minimum atomic E-state index is -1.04. The standard InChI is InChI=1S/C22H17ClN2O5S/c1-29-18-8-6-12(23)10-16(18)24-22-25-20(26)19(31-22)11-13-7-9-17(30-13)14-4-2-3-5-15(14)21(27)28/h2-11,22,24H,1H3,(H,25,26)(H,27,28)/b19-11-. The third-order valence-electron chi connectivity index (χ3n) is 4.50. The average molecular weight is 457 g/mol. The number of nitrogens with one attached hydrogen (secondary N) is 2. The molecular formula is C22H17ClN2O5S. The maximum absolute atomic E-state index is 12.4. The van der Waals surface area contributed by atoms with Crippen molar-refractivity contribution < 1.29 is 23.8 Å². The van der Waals surface area contributed by atoms with Gasteiger partial charge in [-0.3, -0.25) is 4.79 Å². The highest BCUT2D eigenvalue weighted by molar-refractivity contribution is 8.05. The van der Waals surface area contributed by atoms with E-state index in [1.165, 1.54) is 17.8 Å². The van der Waals surface area contributed by atoms with Crippen molar-refractivity contribution in [3.63, 3.8) is 0 Å². The van der Waals surface area contributed by atoms with E-state index in [4.69, 9.17) is 20.8 Å². The molecule has 3 aromatic rings. The summed E-state index contributed by atoms with van der Waals surface area (Å²) < 4.78 is 11.1. The van der Waals surface area contributed by atoms with Crippen LogP contribution in [0.15, 0.2) is 63.9 Å². The summed E-state index contributed by atoms with van der Waals surface area (Å²) in [6.07, 6.45) is 1.61. The summed E-state index contributed by atoms with van der Waals surface area (Å²) >= 11 is 7.34. The zero-order chi connectivity index (χ0) is 22.0. The number of anilines is 1. The number of aromatic carboxylic acids is 1. The molecule has 0 radical (unpaired) electrons. The van der Waals surface area contributed by atoms with Crippen molar-refractivity contribution in [3.05, 3.63) is 75.8 Å². The van der Waals surface area contributed by atoms with Crippen molar-refractivity contribution >= 4 is 47.0 Å². The van der Waals surface area contributed by atoms with E-state index in [1.54, 1.807) is 61.7 Å². The molecule has 1 saturated heterocycles. The van der Waals surface area contributed by atoms with Gasteiger partial charge in [0, 0.05) is 16.7 Å². The summed E-state index contributed by atoms with van der Waals surface area (Å²) in [7, 11) is 1.55. The Hall–Kier alpha value is -3.36. The Morgan fingerprint density at radius 1 is 1.26 bits per heavy atom. The van der Waals surface area contributed by atoms with Gasteiger partial charge in [0.25, 0.3) is 5.91 Å². The number of ether oxygens (including phenoxy) is 1. The van der Waals surface area contributed by atoms with Crippen LogP contribution in [0.4, 0.5) is 5.69 Å². The summed E-state index contributed by atoms with van der Waals surface area (Å²) in [6.45, 7) is 0. The lowest BCUT2D eigenvalue weighted by Crippen LogP contribution is -2.31. The smallest absolute Gasteiger partial charge is 0.336 e. The number of furan rings is 1. The molecule has 0 bridgehead atoms. The lowest BCUT2D eigenvalue weighted by Gasteiger charge is -2.15. The Morgan fingerprint density at radius 3 is 2.84 bits per heavy atom. The van der Waals surface area contributed by atoms with Gasteiger partial charge in [-0.2, -0.15) is 0 Å². The third kappa shape index (κ3) is 4.55. The molecule has 1 unspecified atom stereocenters. The molecule has 7 nitrogen and oxygen atoms in total. The molecule has 1 aliphatic heterocycles. The number of carbonyl (C=O) groups excluding carboxylic acids is 1. The zero-order valence-corrected chi connectivity index (χ0v) is 17.8. The minimum absolute atomic E-state index is 0.142. The van der Waals surface area contributed by atoms with E-state index in [-0.39, 0.29) is 11.5 Å². The summed E-state index contributed by atoms with van der Waals surface area (Å²) in [5.41, 5.74) is 0.840. The Labute approximate surface area is 187 Å². The fourth-order valence-corrected chi connectivity index (χ4v) is 4.22. The van der Waals surface area contributed by atoms with Crippen molar-refractivity contribution in [1.29, 1.82) is 0 Å². The number of amides is 1. The molecule has 2 heterocycles. The number of thioether (sulfide) groups is 1. The quantitative estimate of drug-likeness (QED) is 0.453. The molecule has 3 N–H and O–H groups in total. The fourth-order valence-electron chi connectivity index (χ4n) is 3.09. The predicted octanol–water partition coefficient (Wildman–Crippen LogP) is 4.91. The van der Waals surface area contributed by atoms with E-state index in [1.807, 2.05) is 0 Å². The Morgan fingerprint density at radius 2 is 2.06 bits per heavy atom. The van der Waals surface area contributed by atoms with E-state index >= 15 is 0 Å². The van der Waals surface area contributed by atoms with Crippen LogP contribution in [0.1, 0.15) is 16.1 Å². The minimum Gasteiger partial charge on any atom is -0.495 e. The first kappa shape index (κ1) is 20.9. The first-order valence-electron chi connectivity index (χ1n) is 9.16. The summed E-state index contributed by atoms with van der Waals surface area (Å²) in [5.74, 6) is 0.153. The molecule has 158 valence electrons. The van der Waals surface area contributed by atoms with E-state index in [9.17, 15) is 14.7 Å². The van der Waals surface area contributed by atoms with Crippen LogP contribution in [0.3, 0.4) is 0 Å². The van der Waals surface area contributed by atoms with Gasteiger partial charge in [0.15, 0.2) is 5.50 Å². The normalized spacial score (nSPS) is 16.9. The molecule has 2 aromatic carbocycles. The highest BCUT2D eigenvalue weighted by Gasteiger charge is 2.28. The number of halogens is 1. The van der Waals surface area contributed by atoms with Crippen molar-refractivity contribution in [2.45, 2.75) is 5.50 Å². The van der Waals surface area contributed by atoms with Gasteiger partial charge in [-0.1, -0.05) is 41.6 Å². The van der Waals surface area contributed by atoms with Gasteiger partial charge in [0.05, 0.1) is 23.3 Å². The fraction of sp³-hybridized carbons (Fsp3) is 0.0909. The SMILES string of the molecule is COc1ccc(Cl)cc1NC1NC(=O)/C(=C/c2ccc(-c3ccccc3C(=O)O)o2)S1. The van der Waals surface area contributed by atoms with Crippen LogP contribution >= 0.6 is 23.4 Å². The van der Waals surface area contributed by atoms with Crippen molar-refractivity contribution in [2.24, 2.45) is 0 Å². The third-order valence-corrected chi connectivity index (χ3v) is 5.77. The molecule has 1 atom stereocenters. The van der Waals surface area contributed by atoms with Gasteiger partial charge in [-0.25, -0.2) is 4.79 Å². The van der Waals surface area contributed by atoms with Crippen LogP contribution in [-0.4, -0.2) is 29.6 Å². The second kappa shape index (κ2) is 8.79. The van der Waals surface area contributed by atoms with Gasteiger partial charge in [-0.05, 0) is 36.4 Å². The van der Waals surface area contributed by atoms with Crippen LogP contribution < -0.4 is 15.4 Å². The second-order valence-electron chi connectivity index (χ2n) is 6.52. The van der Waals surface area contributed by atoms with Crippen LogP contribution in [0.2, 0.25) is 5.02 Å². The van der Waals surface area contributed by atoms with Crippen molar-refractivity contribution in [3.8, 4) is 17.1 Å². The van der Waals surface area contributed by atoms with Gasteiger partial charge < -0.3 is 24.9 Å². The van der Waals surface area contributed by atoms with Gasteiger partial charge in [-0.15, -0.1) is 0 Å². The largest absolute Gasteiger partial charge is 0.495 e. The van der Waals surface area contributed by atoms with Gasteiger partial charge in [0.2, 0.25) is 0 Å². The highest BCUT2D eigenvalue weighted by Crippen LogP contribution is 2.35. The van der Waals surface area contributed by atoms with Crippen LogP contribution in [-0.2, 0) is 4.79 Å². The molecule has 1 aromatic heterocycles. The highest BCUT2D eigenvalue weighted by atomic mass is 35.5. The van der Waals surface area contributed by atoms with Crippen LogP contribution in [0.5, 0.6) is 5.75 Å². The second-order valence-corrected chi connectivity index (χ2v) is 8.11. The van der Waals surface area contributed by atoms with Crippen molar-refractivity contribution in [2.75, 3.05) is 12.4 Å². The van der Waals surface area contributed by atoms with E-state index < -0.39 is 11.5 Å². The summed E-state index contributed by atoms with van der Waals surface area (Å²) in [5, 5.41) is 15.9. The molecular weight excluding hydrogens is 440 g/mol. The lowest BCUT2D eigenvalue weighted by atomic mass is 10.1. The number of benzene rings is 2. The number of hydrogen-bond acceptors (Lipinski definition) is 6. The first-order valence-corrected chi connectivity index (χ1v) is 10.4. The molecule has 4 rings (SSSR count). The monoisotopic (exact) mass is 456 g/mol. The molecule has 1 aliphatic rings. The number of hydrogen-bond donors (Lipinski definition) is 3. The van der Waals surface area contributed by atoms with E-state index in [0.29, 0.717) is 38.4 Å². The zero-order valence-electron chi connectivity index (χ0n) is 16.2. The summed E-state index contributed by atoms with van der Waals surface area (Å²) in [4.78, 5) is 24.3. The molecule has 1 amide bonds. The maximum Gasteiger partial charge on any atom is 0.336 e. The van der Waals surface area contributed by atoms with Gasteiger partial charge >= 0.3 is 5.97 Å². The molecule has 31 heavy (non-hydrogen) atoms. The number of carboxylic acid groups (broad SMARTS) is 1. The lowest BCUT2D eigenvalue weighted by molar-refractivity contribution is -0.116. The Balaban J connectivity index is 1.53. The predicted molar refractivity (Wildman–Crippen MR) is 120 cm³/mol. The Bertz CT molecular complexity index is 1190. The molecule has 0 spiro atoms. The van der Waals surface area contributed by atoms with Crippen molar-refractivity contribution in [1.82, 2.24) is 5.32 Å². The maximum atomic E-state index is 12.4. The summed E-state index contributed by atoms with van der Waals surface area (Å²) in [6, 6.07) is 15.1. The average Bonchev–Trinajstić information content (AvgIpc) is 3.35. The number of methoxy groups -OCH3 is 1. The number of rotatable bonds is 6. The first-order chi connectivity index (χ1) is 14.9. The number of carbonyl (C=O) groups is 2. The topological polar surface area (TPSA) is 101 Å². The number of carboxylic acids is 1. The molecule has 0 aliphatic carbocycles. The van der Waals surface area contributed by atoms with E-state index in [0.717, 1.165) is 0 Å². The van der Waals surface area contributed by atoms with Crippen LogP contribution in [0.25, 0.3) is 17.4 Å². The van der Waals surface area contributed by atoms with E-state index in [2.05, 4.69) is 10.6 Å². The van der Waals surface area contributed by atoms with Crippen LogP contribution in [0, 0.1) is 0 Å². The van der Waals surface area contributed by atoms with Gasteiger partial charge in [0.1, 0.15) is 17.3 Å².